The molecule has 1 aromatic carbocycles. The summed E-state index contributed by atoms with van der Waals surface area (Å²) in [6.07, 6.45) is 0.819. The largest absolute Gasteiger partial charge is 0.465 e. The molecule has 0 fully saturated rings. The fourth-order valence-electron chi connectivity index (χ4n) is 1.42. The van der Waals surface area contributed by atoms with E-state index in [4.69, 9.17) is 0 Å². The van der Waals surface area contributed by atoms with E-state index in [-0.39, 0.29) is 17.3 Å². The number of nitrogens with one attached hydrogen (secondary N) is 1. The Labute approximate surface area is 105 Å². The molecule has 0 heterocycles. The second-order valence-corrected chi connectivity index (χ2v) is 3.93. The molecule has 1 rings (SSSR count). The van der Waals surface area contributed by atoms with Gasteiger partial charge in [0.1, 0.15) is 5.69 Å². The first kappa shape index (κ1) is 14.0. The van der Waals surface area contributed by atoms with E-state index in [1.54, 1.807) is 0 Å². The summed E-state index contributed by atoms with van der Waals surface area (Å²) in [4.78, 5) is 21.8. The molecule has 0 saturated heterocycles. The van der Waals surface area contributed by atoms with Crippen molar-refractivity contribution in [3.63, 3.8) is 0 Å². The zero-order valence-electron chi connectivity index (χ0n) is 10.6. The Hall–Kier alpha value is -2.11. The molecule has 6 heteroatoms. The first-order valence-corrected chi connectivity index (χ1v) is 5.62. The topological polar surface area (TPSA) is 81.5 Å². The maximum atomic E-state index is 11.4. The summed E-state index contributed by atoms with van der Waals surface area (Å²) in [6.45, 7) is 3.88. The van der Waals surface area contributed by atoms with E-state index in [9.17, 15) is 14.9 Å². The van der Waals surface area contributed by atoms with Gasteiger partial charge in [-0.25, -0.2) is 4.79 Å². The van der Waals surface area contributed by atoms with Gasteiger partial charge in [-0.1, -0.05) is 6.92 Å². The number of ether oxygens (including phenoxy) is 1. The number of benzene rings is 1. The summed E-state index contributed by atoms with van der Waals surface area (Å²) in [5.41, 5.74) is 0.564. The standard InChI is InChI=1S/C12H16N2O4/c1-4-8(2)13-10-7-9(12(15)18-3)5-6-11(10)14(16)17/h5-8,13H,4H2,1-3H3. The molecule has 0 bridgehead atoms. The minimum atomic E-state index is -0.517. The predicted molar refractivity (Wildman–Crippen MR) is 67.8 cm³/mol. The van der Waals surface area contributed by atoms with Crippen LogP contribution in [0.3, 0.4) is 0 Å². The maximum absolute atomic E-state index is 11.4. The molecule has 1 aromatic rings. The lowest BCUT2D eigenvalue weighted by molar-refractivity contribution is -0.384. The van der Waals surface area contributed by atoms with Crippen molar-refractivity contribution in [1.29, 1.82) is 0 Å². The molecule has 0 spiro atoms. The van der Waals surface area contributed by atoms with Crippen molar-refractivity contribution in [1.82, 2.24) is 0 Å². The normalized spacial score (nSPS) is 11.7. The molecule has 0 aliphatic carbocycles. The van der Waals surface area contributed by atoms with Crippen LogP contribution in [0.1, 0.15) is 30.6 Å². The maximum Gasteiger partial charge on any atom is 0.337 e. The Morgan fingerprint density at radius 1 is 1.56 bits per heavy atom. The highest BCUT2D eigenvalue weighted by atomic mass is 16.6. The fourth-order valence-corrected chi connectivity index (χ4v) is 1.42. The number of nitrogens with zero attached hydrogens (tertiary/aromatic N) is 1. The molecule has 1 N–H and O–H groups in total. The summed E-state index contributed by atoms with van der Waals surface area (Å²) < 4.78 is 4.59. The Morgan fingerprint density at radius 3 is 2.72 bits per heavy atom. The van der Waals surface area contributed by atoms with E-state index in [1.807, 2.05) is 13.8 Å². The Kier molecular flexibility index (Phi) is 4.65. The van der Waals surface area contributed by atoms with Crippen molar-refractivity contribution in [2.45, 2.75) is 26.3 Å². The number of carbonyl (C=O) groups is 1. The lowest BCUT2D eigenvalue weighted by Crippen LogP contribution is -2.15. The number of rotatable bonds is 5. The monoisotopic (exact) mass is 252 g/mol. The Bertz CT molecular complexity index is 459. The predicted octanol–water partition coefficient (Wildman–Crippen LogP) is 2.59. The van der Waals surface area contributed by atoms with E-state index < -0.39 is 10.9 Å². The van der Waals surface area contributed by atoms with Gasteiger partial charge in [-0.3, -0.25) is 10.1 Å². The molecule has 1 atom stereocenters. The van der Waals surface area contributed by atoms with Gasteiger partial charge in [0.05, 0.1) is 17.6 Å². The van der Waals surface area contributed by atoms with Crippen LogP contribution in [0.25, 0.3) is 0 Å². The Balaban J connectivity index is 3.15. The number of esters is 1. The van der Waals surface area contributed by atoms with Crippen LogP contribution < -0.4 is 5.32 Å². The molecule has 0 aliphatic rings. The number of methoxy groups -OCH3 is 1. The van der Waals surface area contributed by atoms with Gasteiger partial charge in [-0.05, 0) is 25.5 Å². The fraction of sp³-hybridized carbons (Fsp3) is 0.417. The first-order chi connectivity index (χ1) is 8.49. The number of anilines is 1. The van der Waals surface area contributed by atoms with Crippen LogP contribution in [-0.2, 0) is 4.74 Å². The number of nitro groups is 1. The molecule has 18 heavy (non-hydrogen) atoms. The minimum absolute atomic E-state index is 0.0528. The molecular formula is C12H16N2O4. The van der Waals surface area contributed by atoms with Crippen molar-refractivity contribution in [2.24, 2.45) is 0 Å². The lowest BCUT2D eigenvalue weighted by atomic mass is 10.1. The highest BCUT2D eigenvalue weighted by Crippen LogP contribution is 2.26. The average Bonchev–Trinajstić information content (AvgIpc) is 2.37. The third kappa shape index (κ3) is 3.19. The van der Waals surface area contributed by atoms with E-state index in [0.717, 1.165) is 6.42 Å². The minimum Gasteiger partial charge on any atom is -0.465 e. The lowest BCUT2D eigenvalue weighted by Gasteiger charge is -2.13. The van der Waals surface area contributed by atoms with Crippen LogP contribution >= 0.6 is 0 Å². The van der Waals surface area contributed by atoms with E-state index >= 15 is 0 Å². The van der Waals surface area contributed by atoms with Gasteiger partial charge in [0, 0.05) is 12.1 Å². The first-order valence-electron chi connectivity index (χ1n) is 5.62. The highest BCUT2D eigenvalue weighted by Gasteiger charge is 2.18. The van der Waals surface area contributed by atoms with Crippen LogP contribution in [0.2, 0.25) is 0 Å². The van der Waals surface area contributed by atoms with Gasteiger partial charge in [-0.2, -0.15) is 0 Å². The summed E-state index contributed by atoms with van der Waals surface area (Å²) in [6, 6.07) is 4.20. The molecule has 0 amide bonds. The SMILES string of the molecule is CCC(C)Nc1cc(C(=O)OC)ccc1[N+](=O)[O-]. The molecule has 98 valence electrons. The smallest absolute Gasteiger partial charge is 0.337 e. The van der Waals surface area contributed by atoms with E-state index in [0.29, 0.717) is 5.69 Å². The van der Waals surface area contributed by atoms with Gasteiger partial charge < -0.3 is 10.1 Å². The summed E-state index contributed by atoms with van der Waals surface area (Å²) in [5.74, 6) is -0.517. The van der Waals surface area contributed by atoms with Gasteiger partial charge in [-0.15, -0.1) is 0 Å². The van der Waals surface area contributed by atoms with Crippen LogP contribution in [0.15, 0.2) is 18.2 Å². The second-order valence-electron chi connectivity index (χ2n) is 3.93. The molecule has 0 aromatic heterocycles. The van der Waals surface area contributed by atoms with Crippen LogP contribution in [-0.4, -0.2) is 24.0 Å². The molecule has 0 aliphatic heterocycles. The molecule has 1 unspecified atom stereocenters. The number of carbonyl (C=O) groups excluding carboxylic acids is 1. The van der Waals surface area contributed by atoms with Gasteiger partial charge in [0.2, 0.25) is 0 Å². The molecular weight excluding hydrogens is 236 g/mol. The third-order valence-electron chi connectivity index (χ3n) is 2.63. The van der Waals surface area contributed by atoms with Crippen LogP contribution in [0, 0.1) is 10.1 Å². The van der Waals surface area contributed by atoms with Crippen molar-refractivity contribution in [3.8, 4) is 0 Å². The zero-order valence-corrected chi connectivity index (χ0v) is 10.6. The quantitative estimate of drug-likeness (QED) is 0.495. The summed E-state index contributed by atoms with van der Waals surface area (Å²) >= 11 is 0. The van der Waals surface area contributed by atoms with Gasteiger partial charge >= 0.3 is 5.97 Å². The summed E-state index contributed by atoms with van der Waals surface area (Å²) in [7, 11) is 1.27. The number of hydrogen-bond donors (Lipinski definition) is 1. The van der Waals surface area contributed by atoms with E-state index in [2.05, 4.69) is 10.1 Å². The van der Waals surface area contributed by atoms with E-state index in [1.165, 1.54) is 25.3 Å². The summed E-state index contributed by atoms with van der Waals surface area (Å²) in [5, 5.41) is 13.9. The van der Waals surface area contributed by atoms with Crippen molar-refractivity contribution < 1.29 is 14.5 Å². The van der Waals surface area contributed by atoms with Crippen molar-refractivity contribution in [3.05, 3.63) is 33.9 Å². The van der Waals surface area contributed by atoms with Crippen molar-refractivity contribution in [2.75, 3.05) is 12.4 Å². The van der Waals surface area contributed by atoms with Gasteiger partial charge in [0.25, 0.3) is 5.69 Å². The van der Waals surface area contributed by atoms with Crippen LogP contribution in [0.5, 0.6) is 0 Å². The average molecular weight is 252 g/mol. The van der Waals surface area contributed by atoms with Crippen molar-refractivity contribution >= 4 is 17.3 Å². The highest BCUT2D eigenvalue weighted by molar-refractivity contribution is 5.91. The second kappa shape index (κ2) is 6.00. The number of nitro benzene ring substituents is 1. The van der Waals surface area contributed by atoms with Gasteiger partial charge in [0.15, 0.2) is 0 Å². The zero-order chi connectivity index (χ0) is 13.7. The third-order valence-corrected chi connectivity index (χ3v) is 2.63. The number of hydrogen-bond acceptors (Lipinski definition) is 5. The van der Waals surface area contributed by atoms with Crippen LogP contribution in [0.4, 0.5) is 11.4 Å². The Morgan fingerprint density at radius 2 is 2.22 bits per heavy atom. The molecule has 0 saturated carbocycles. The molecule has 0 radical (unpaired) electrons. The molecule has 6 nitrogen and oxygen atoms in total.